The number of nitrogens with one attached hydrogen (secondary N) is 1. The highest BCUT2D eigenvalue weighted by atomic mass is 79.9. The summed E-state index contributed by atoms with van der Waals surface area (Å²) in [5, 5.41) is 0.932. The van der Waals surface area contributed by atoms with Gasteiger partial charge in [0.25, 0.3) is 5.91 Å². The van der Waals surface area contributed by atoms with Gasteiger partial charge in [-0.1, -0.05) is 22.0 Å². The summed E-state index contributed by atoms with van der Waals surface area (Å²) in [6.07, 6.45) is 0. The third kappa shape index (κ3) is 2.34. The molecule has 0 spiro atoms. The van der Waals surface area contributed by atoms with Crippen LogP contribution in [0.2, 0.25) is 1.41 Å². The lowest BCUT2D eigenvalue weighted by atomic mass is 10.2. The monoisotopic (exact) mass is 228 g/mol. The lowest BCUT2D eigenvalue weighted by Gasteiger charge is -2.01. The molecule has 1 aromatic carbocycles. The topological polar surface area (TPSA) is 29.1 Å². The van der Waals surface area contributed by atoms with Crippen molar-refractivity contribution in [3.8, 4) is 0 Å². The lowest BCUT2D eigenvalue weighted by Crippen LogP contribution is -2.22. The first-order valence-corrected chi connectivity index (χ1v) is 4.50. The van der Waals surface area contributed by atoms with Crippen molar-refractivity contribution in [2.45, 2.75) is 6.92 Å². The Morgan fingerprint density at radius 2 is 2.50 bits per heavy atom. The molecule has 0 aliphatic carbocycles. The van der Waals surface area contributed by atoms with Crippen LogP contribution in [0, 0.1) is 0 Å². The van der Waals surface area contributed by atoms with Crippen LogP contribution in [0.3, 0.4) is 0 Å². The van der Waals surface area contributed by atoms with Gasteiger partial charge in [0.2, 0.25) is 0 Å². The van der Waals surface area contributed by atoms with Crippen LogP contribution in [0.15, 0.2) is 28.7 Å². The van der Waals surface area contributed by atoms with E-state index in [4.69, 9.17) is 1.41 Å². The van der Waals surface area contributed by atoms with Crippen LogP contribution in [-0.2, 0) is 0 Å². The van der Waals surface area contributed by atoms with E-state index in [1.165, 1.54) is 0 Å². The predicted octanol–water partition coefficient (Wildman–Crippen LogP) is 2.20. The van der Waals surface area contributed by atoms with Gasteiger partial charge >= 0.3 is 0 Å². The van der Waals surface area contributed by atoms with Gasteiger partial charge in [0.05, 0.1) is 0 Å². The molecule has 0 saturated carbocycles. The van der Waals surface area contributed by atoms with Crippen LogP contribution in [0.25, 0.3) is 0 Å². The molecule has 0 radical (unpaired) electrons. The summed E-state index contributed by atoms with van der Waals surface area (Å²) in [5.74, 6) is -0.274. The molecule has 64 valence electrons. The highest BCUT2D eigenvalue weighted by Crippen LogP contribution is 2.11. The van der Waals surface area contributed by atoms with Crippen molar-refractivity contribution in [3.63, 3.8) is 0 Å². The maximum absolute atomic E-state index is 11.4. The van der Waals surface area contributed by atoms with E-state index >= 15 is 0 Å². The molecule has 2 nitrogen and oxygen atoms in total. The average molecular weight is 229 g/mol. The second-order valence-corrected chi connectivity index (χ2v) is 3.21. The van der Waals surface area contributed by atoms with E-state index in [-0.39, 0.29) is 5.91 Å². The van der Waals surface area contributed by atoms with Crippen LogP contribution in [0.4, 0.5) is 0 Å². The first kappa shape index (κ1) is 7.80. The van der Waals surface area contributed by atoms with Gasteiger partial charge in [-0.05, 0) is 25.1 Å². The summed E-state index contributed by atoms with van der Waals surface area (Å²) < 4.78 is 8.15. The summed E-state index contributed by atoms with van der Waals surface area (Å²) in [7, 11) is 0. The number of carbonyl (C=O) groups is 1. The van der Waals surface area contributed by atoms with E-state index in [0.29, 0.717) is 12.1 Å². The maximum Gasteiger partial charge on any atom is 0.251 e. The molecule has 1 N–H and O–H groups in total. The molecule has 0 fully saturated rings. The Kier molecular flexibility index (Phi) is 2.77. The van der Waals surface area contributed by atoms with Crippen LogP contribution in [0.5, 0.6) is 0 Å². The predicted molar refractivity (Wildman–Crippen MR) is 52.1 cm³/mol. The van der Waals surface area contributed by atoms with Gasteiger partial charge in [-0.2, -0.15) is 0 Å². The third-order valence-corrected chi connectivity index (χ3v) is 1.87. The fourth-order valence-electron chi connectivity index (χ4n) is 0.856. The Labute approximate surface area is 81.6 Å². The zero-order valence-corrected chi connectivity index (χ0v) is 8.34. The number of hydrogen-bond acceptors (Lipinski definition) is 1. The summed E-state index contributed by atoms with van der Waals surface area (Å²) >= 11 is 3.27. The van der Waals surface area contributed by atoms with Gasteiger partial charge in [0.1, 0.15) is 0 Å². The Bertz CT molecular complexity index is 316. The van der Waals surface area contributed by atoms with E-state index in [1.54, 1.807) is 25.1 Å². The zero-order valence-electron chi connectivity index (χ0n) is 7.75. The van der Waals surface area contributed by atoms with E-state index < -0.39 is 0 Å². The molecule has 0 unspecified atom stereocenters. The van der Waals surface area contributed by atoms with Gasteiger partial charge in [-0.3, -0.25) is 4.79 Å². The van der Waals surface area contributed by atoms with Gasteiger partial charge in [-0.15, -0.1) is 0 Å². The minimum absolute atomic E-state index is 0.274. The van der Waals surface area contributed by atoms with Gasteiger partial charge < -0.3 is 5.31 Å². The molecule has 1 amide bonds. The van der Waals surface area contributed by atoms with E-state index in [0.717, 1.165) is 9.78 Å². The van der Waals surface area contributed by atoms with Crippen LogP contribution < -0.4 is 5.31 Å². The molecule has 1 rings (SSSR count). The highest BCUT2D eigenvalue weighted by molar-refractivity contribution is 9.10. The molecular weight excluding hydrogens is 218 g/mol. The average Bonchev–Trinajstić information content (AvgIpc) is 2.15. The van der Waals surface area contributed by atoms with Crippen molar-refractivity contribution in [2.75, 3.05) is 6.54 Å². The zero-order chi connectivity index (χ0) is 9.84. The van der Waals surface area contributed by atoms with Crippen LogP contribution in [0.1, 0.15) is 17.3 Å². The van der Waals surface area contributed by atoms with Gasteiger partial charge in [0, 0.05) is 16.6 Å². The van der Waals surface area contributed by atoms with E-state index in [9.17, 15) is 4.79 Å². The summed E-state index contributed by atoms with van der Waals surface area (Å²) in [6.45, 7) is 2.16. The molecule has 12 heavy (non-hydrogen) atoms. The third-order valence-electron chi connectivity index (χ3n) is 1.37. The number of carbonyl (C=O) groups excluding carboxylic acids is 1. The summed E-state index contributed by atoms with van der Waals surface area (Å²) in [4.78, 5) is 11.4. The Morgan fingerprint density at radius 3 is 3.08 bits per heavy atom. The highest BCUT2D eigenvalue weighted by Gasteiger charge is 2.02. The molecule has 0 atom stereocenters. The molecule has 0 aliphatic rings. The van der Waals surface area contributed by atoms with Crippen LogP contribution >= 0.6 is 15.9 Å². The number of halogens is 1. The van der Waals surface area contributed by atoms with Crippen LogP contribution in [-0.4, -0.2) is 12.5 Å². The number of amides is 1. The summed E-state index contributed by atoms with van der Waals surface area (Å²) in [6, 6.07) is 7.03. The smallest absolute Gasteiger partial charge is 0.251 e. The molecule has 0 saturated heterocycles. The second kappa shape index (κ2) is 4.26. The second-order valence-electron chi connectivity index (χ2n) is 2.29. The fourth-order valence-corrected chi connectivity index (χ4v) is 1.26. The standard InChI is InChI=1S/C9H10BrNO/c1-2-11-9(12)7-4-3-5-8(10)6-7/h3-6H,2H2,1H3,(H,11,12)/i/hD. The molecular formula is C9H10BrNO. The normalized spacial score (nSPS) is 10.7. The first-order chi connectivity index (χ1) is 6.15. The molecule has 0 aliphatic heterocycles. The Balaban J connectivity index is 2.89. The van der Waals surface area contributed by atoms with Gasteiger partial charge in [0.15, 0.2) is 1.41 Å². The largest absolute Gasteiger partial charge is 0.352 e. The SMILES string of the molecule is [2H]N(CC)C(=O)c1cccc(Br)c1. The van der Waals surface area contributed by atoms with Gasteiger partial charge in [-0.25, -0.2) is 0 Å². The van der Waals surface area contributed by atoms with E-state index in [1.807, 2.05) is 6.07 Å². The van der Waals surface area contributed by atoms with E-state index in [2.05, 4.69) is 15.9 Å². The lowest BCUT2D eigenvalue weighted by molar-refractivity contribution is 0.0956. The van der Waals surface area contributed by atoms with Crippen molar-refractivity contribution in [3.05, 3.63) is 34.3 Å². The minimum atomic E-state index is -0.274. The van der Waals surface area contributed by atoms with Crippen molar-refractivity contribution in [1.29, 1.82) is 0 Å². The maximum atomic E-state index is 11.4. The molecule has 3 heteroatoms. The quantitative estimate of drug-likeness (QED) is 0.827. The minimum Gasteiger partial charge on any atom is -0.352 e. The molecule has 0 bridgehead atoms. The number of benzene rings is 1. The Morgan fingerprint density at radius 1 is 1.75 bits per heavy atom. The fraction of sp³-hybridized carbons (Fsp3) is 0.222. The first-order valence-electron chi connectivity index (χ1n) is 4.16. The summed E-state index contributed by atoms with van der Waals surface area (Å²) in [5.41, 5.74) is 0.534. The molecule has 1 aromatic rings. The Hall–Kier alpha value is -0.830. The molecule has 0 aromatic heterocycles. The van der Waals surface area contributed by atoms with Crippen molar-refractivity contribution < 1.29 is 6.21 Å². The van der Waals surface area contributed by atoms with Crippen molar-refractivity contribution in [1.82, 2.24) is 5.31 Å². The number of hydrogen-bond donors (Lipinski definition) is 1. The van der Waals surface area contributed by atoms with Crippen molar-refractivity contribution >= 4 is 21.8 Å². The molecule has 0 heterocycles. The number of rotatable bonds is 2. The van der Waals surface area contributed by atoms with Crippen molar-refractivity contribution in [2.24, 2.45) is 0 Å².